The van der Waals surface area contributed by atoms with E-state index in [-0.39, 0.29) is 25.0 Å². The highest BCUT2D eigenvalue weighted by molar-refractivity contribution is 6.31. The number of methoxy groups -OCH3 is 1. The van der Waals surface area contributed by atoms with Gasteiger partial charge in [-0.15, -0.1) is 0 Å². The summed E-state index contributed by atoms with van der Waals surface area (Å²) in [6.07, 6.45) is 0. The lowest BCUT2D eigenvalue weighted by atomic mass is 10.1. The van der Waals surface area contributed by atoms with Gasteiger partial charge in [0.1, 0.15) is 18.1 Å². The Kier molecular flexibility index (Phi) is 7.51. The van der Waals surface area contributed by atoms with Gasteiger partial charge in [-0.2, -0.15) is 0 Å². The minimum atomic E-state index is -0.366. The van der Waals surface area contributed by atoms with Crippen molar-refractivity contribution in [1.82, 2.24) is 4.90 Å². The highest BCUT2D eigenvalue weighted by Gasteiger charge is 2.19. The molecule has 3 aromatic rings. The van der Waals surface area contributed by atoms with Gasteiger partial charge < -0.3 is 19.7 Å². The Balaban J connectivity index is 1.66. The lowest BCUT2D eigenvalue weighted by Crippen LogP contribution is -2.35. The summed E-state index contributed by atoms with van der Waals surface area (Å²) in [5.41, 5.74) is 1.66. The quantitative estimate of drug-likeness (QED) is 0.556. The van der Waals surface area contributed by atoms with E-state index in [1.807, 2.05) is 42.5 Å². The summed E-state index contributed by atoms with van der Waals surface area (Å²) in [6, 6.07) is 21.5. The van der Waals surface area contributed by atoms with E-state index in [0.29, 0.717) is 27.8 Å². The van der Waals surface area contributed by atoms with Gasteiger partial charge in [0.15, 0.2) is 0 Å². The van der Waals surface area contributed by atoms with E-state index in [1.165, 1.54) is 12.0 Å². The molecular weight excluding hydrogens is 416 g/mol. The summed E-state index contributed by atoms with van der Waals surface area (Å²) < 4.78 is 11.0. The first kappa shape index (κ1) is 22.2. The van der Waals surface area contributed by atoms with E-state index in [0.717, 1.165) is 5.56 Å². The Morgan fingerprint density at radius 3 is 2.45 bits per heavy atom. The van der Waals surface area contributed by atoms with Crippen LogP contribution in [0.15, 0.2) is 72.8 Å². The van der Waals surface area contributed by atoms with Crippen molar-refractivity contribution in [3.8, 4) is 11.5 Å². The second-order valence-electron chi connectivity index (χ2n) is 6.81. The Morgan fingerprint density at radius 2 is 1.71 bits per heavy atom. The van der Waals surface area contributed by atoms with Gasteiger partial charge in [-0.05, 0) is 36.4 Å². The maximum atomic E-state index is 13.0. The summed E-state index contributed by atoms with van der Waals surface area (Å²) >= 11 is 6.00. The molecule has 6 nitrogen and oxygen atoms in total. The molecular formula is C24H23ClN2O4. The number of likely N-dealkylation sites (N-methyl/N-ethyl adjacent to an activating group) is 1. The number of hydrogen-bond acceptors (Lipinski definition) is 4. The predicted molar refractivity (Wildman–Crippen MR) is 121 cm³/mol. The number of carbonyl (C=O) groups is 2. The molecule has 0 radical (unpaired) electrons. The van der Waals surface area contributed by atoms with Gasteiger partial charge in [-0.1, -0.05) is 48.0 Å². The number of carbonyl (C=O) groups excluding carboxylic acids is 2. The average Bonchev–Trinajstić information content (AvgIpc) is 2.78. The van der Waals surface area contributed by atoms with Crippen molar-refractivity contribution in [3.63, 3.8) is 0 Å². The maximum Gasteiger partial charge on any atom is 0.254 e. The second-order valence-corrected chi connectivity index (χ2v) is 7.25. The van der Waals surface area contributed by atoms with Gasteiger partial charge >= 0.3 is 0 Å². The standard InChI is InChI=1S/C24H23ClN2O4/c1-27(15-23(28)26-21-14-18(25)12-13-22(21)30-2)24(29)20-11-7-6-8-17(20)16-31-19-9-4-3-5-10-19/h3-14H,15-16H2,1-2H3,(H,26,28). The van der Waals surface area contributed by atoms with Crippen LogP contribution in [0, 0.1) is 0 Å². The minimum Gasteiger partial charge on any atom is -0.495 e. The van der Waals surface area contributed by atoms with Crippen LogP contribution in [0.2, 0.25) is 5.02 Å². The van der Waals surface area contributed by atoms with Crippen molar-refractivity contribution in [1.29, 1.82) is 0 Å². The van der Waals surface area contributed by atoms with E-state index in [4.69, 9.17) is 21.1 Å². The summed E-state index contributed by atoms with van der Waals surface area (Å²) in [4.78, 5) is 26.8. The van der Waals surface area contributed by atoms with Gasteiger partial charge in [0, 0.05) is 23.2 Å². The molecule has 0 aliphatic heterocycles. The fraction of sp³-hybridized carbons (Fsp3) is 0.167. The highest BCUT2D eigenvalue weighted by atomic mass is 35.5. The molecule has 0 unspecified atom stereocenters. The smallest absolute Gasteiger partial charge is 0.254 e. The third-order valence-electron chi connectivity index (χ3n) is 4.55. The highest BCUT2D eigenvalue weighted by Crippen LogP contribution is 2.27. The topological polar surface area (TPSA) is 67.9 Å². The number of nitrogens with zero attached hydrogens (tertiary/aromatic N) is 1. The third-order valence-corrected chi connectivity index (χ3v) is 4.78. The Hall–Kier alpha value is -3.51. The van der Waals surface area contributed by atoms with Crippen LogP contribution in [0.3, 0.4) is 0 Å². The van der Waals surface area contributed by atoms with Gasteiger partial charge in [0.05, 0.1) is 19.3 Å². The number of benzene rings is 3. The maximum absolute atomic E-state index is 13.0. The molecule has 160 valence electrons. The number of halogens is 1. The monoisotopic (exact) mass is 438 g/mol. The molecule has 0 saturated carbocycles. The fourth-order valence-corrected chi connectivity index (χ4v) is 3.17. The summed E-state index contributed by atoms with van der Waals surface area (Å²) in [7, 11) is 3.08. The molecule has 1 N–H and O–H groups in total. The van der Waals surface area contributed by atoms with E-state index in [9.17, 15) is 9.59 Å². The van der Waals surface area contributed by atoms with Gasteiger partial charge in [-0.3, -0.25) is 9.59 Å². The van der Waals surface area contributed by atoms with Gasteiger partial charge in [-0.25, -0.2) is 0 Å². The Bertz CT molecular complexity index is 1060. The number of para-hydroxylation sites is 1. The number of amides is 2. The normalized spacial score (nSPS) is 10.3. The van der Waals surface area contributed by atoms with Crippen LogP contribution in [-0.4, -0.2) is 37.4 Å². The Labute approximate surface area is 186 Å². The molecule has 31 heavy (non-hydrogen) atoms. The fourth-order valence-electron chi connectivity index (χ4n) is 2.99. The Morgan fingerprint density at radius 1 is 1.00 bits per heavy atom. The van der Waals surface area contributed by atoms with Crippen LogP contribution >= 0.6 is 11.6 Å². The van der Waals surface area contributed by atoms with Crippen molar-refractivity contribution in [2.24, 2.45) is 0 Å². The van der Waals surface area contributed by atoms with E-state index in [1.54, 1.807) is 37.4 Å². The number of hydrogen-bond donors (Lipinski definition) is 1. The van der Waals surface area contributed by atoms with Crippen molar-refractivity contribution in [2.45, 2.75) is 6.61 Å². The molecule has 7 heteroatoms. The van der Waals surface area contributed by atoms with E-state index in [2.05, 4.69) is 5.32 Å². The van der Waals surface area contributed by atoms with Crippen LogP contribution < -0.4 is 14.8 Å². The molecule has 0 atom stereocenters. The number of ether oxygens (including phenoxy) is 2. The first-order chi connectivity index (χ1) is 15.0. The largest absolute Gasteiger partial charge is 0.495 e. The number of anilines is 1. The zero-order chi connectivity index (χ0) is 22.2. The molecule has 0 aromatic heterocycles. The minimum absolute atomic E-state index is 0.137. The zero-order valence-electron chi connectivity index (χ0n) is 17.3. The molecule has 0 bridgehead atoms. The molecule has 0 heterocycles. The van der Waals surface area contributed by atoms with E-state index < -0.39 is 0 Å². The zero-order valence-corrected chi connectivity index (χ0v) is 18.1. The molecule has 3 aromatic carbocycles. The molecule has 0 spiro atoms. The number of rotatable bonds is 8. The molecule has 0 saturated heterocycles. The lowest BCUT2D eigenvalue weighted by Gasteiger charge is -2.19. The molecule has 3 rings (SSSR count). The van der Waals surface area contributed by atoms with Crippen LogP contribution in [0.5, 0.6) is 11.5 Å². The van der Waals surface area contributed by atoms with Gasteiger partial charge in [0.25, 0.3) is 5.91 Å². The lowest BCUT2D eigenvalue weighted by molar-refractivity contribution is -0.116. The molecule has 2 amide bonds. The molecule has 0 aliphatic rings. The van der Waals surface area contributed by atoms with Crippen LogP contribution in [-0.2, 0) is 11.4 Å². The van der Waals surface area contributed by atoms with Crippen LogP contribution in [0.25, 0.3) is 0 Å². The van der Waals surface area contributed by atoms with Crippen LogP contribution in [0.4, 0.5) is 5.69 Å². The van der Waals surface area contributed by atoms with Crippen molar-refractivity contribution < 1.29 is 19.1 Å². The SMILES string of the molecule is COc1ccc(Cl)cc1NC(=O)CN(C)C(=O)c1ccccc1COc1ccccc1. The average molecular weight is 439 g/mol. The van der Waals surface area contributed by atoms with E-state index >= 15 is 0 Å². The molecule has 0 aliphatic carbocycles. The number of nitrogens with one attached hydrogen (secondary N) is 1. The first-order valence-corrected chi connectivity index (χ1v) is 10.0. The summed E-state index contributed by atoms with van der Waals surface area (Å²) in [5.74, 6) is 0.554. The predicted octanol–water partition coefficient (Wildman–Crippen LogP) is 4.64. The first-order valence-electron chi connectivity index (χ1n) is 9.62. The van der Waals surface area contributed by atoms with Gasteiger partial charge in [0.2, 0.25) is 5.91 Å². The second kappa shape index (κ2) is 10.5. The third kappa shape index (κ3) is 5.99. The van der Waals surface area contributed by atoms with Crippen molar-refractivity contribution >= 4 is 29.1 Å². The van der Waals surface area contributed by atoms with Crippen LogP contribution in [0.1, 0.15) is 15.9 Å². The van der Waals surface area contributed by atoms with Crippen molar-refractivity contribution in [2.75, 3.05) is 26.0 Å². The molecule has 0 fully saturated rings. The summed E-state index contributed by atoms with van der Waals surface area (Å²) in [6.45, 7) is 0.105. The summed E-state index contributed by atoms with van der Waals surface area (Å²) in [5, 5.41) is 3.20. The van der Waals surface area contributed by atoms with Crippen molar-refractivity contribution in [3.05, 3.63) is 88.9 Å².